The Bertz CT molecular complexity index is 117. The van der Waals surface area contributed by atoms with E-state index in [4.69, 9.17) is 0 Å². The molecule has 0 aliphatic rings. The van der Waals surface area contributed by atoms with Crippen LogP contribution in [-0.2, 0) is 0 Å². The number of unbranched alkanes of at least 4 members (excludes halogenated alkanes) is 1. The lowest BCUT2D eigenvalue weighted by atomic mass is 9.77. The van der Waals surface area contributed by atoms with Crippen molar-refractivity contribution in [2.75, 3.05) is 0 Å². The van der Waals surface area contributed by atoms with Crippen LogP contribution in [0.25, 0.3) is 0 Å². The van der Waals surface area contributed by atoms with Crippen LogP contribution in [0.5, 0.6) is 0 Å². The van der Waals surface area contributed by atoms with Gasteiger partial charge in [-0.3, -0.25) is 0 Å². The Hall–Kier alpha value is 0. The van der Waals surface area contributed by atoms with E-state index in [0.29, 0.717) is 0 Å². The van der Waals surface area contributed by atoms with Crippen LogP contribution >= 0.6 is 0 Å². The van der Waals surface area contributed by atoms with Gasteiger partial charge in [0, 0.05) is 0 Å². The zero-order valence-electron chi connectivity index (χ0n) is 11.0. The summed E-state index contributed by atoms with van der Waals surface area (Å²) in [5, 5.41) is 0. The van der Waals surface area contributed by atoms with E-state index in [1.807, 2.05) is 0 Å². The Morgan fingerprint density at radius 3 is 1.86 bits per heavy atom. The highest BCUT2D eigenvalue weighted by Gasteiger charge is 2.20. The Morgan fingerprint density at radius 1 is 0.786 bits per heavy atom. The molecule has 0 heteroatoms. The van der Waals surface area contributed by atoms with Gasteiger partial charge in [-0.05, 0) is 17.8 Å². The lowest BCUT2D eigenvalue weighted by Crippen LogP contribution is -2.19. The molecule has 0 rings (SSSR count). The van der Waals surface area contributed by atoms with Crippen molar-refractivity contribution in [3.8, 4) is 0 Å². The topological polar surface area (TPSA) is 0 Å². The van der Waals surface area contributed by atoms with Crippen molar-refractivity contribution in [3.63, 3.8) is 0 Å². The average Bonchev–Trinajstić information content (AvgIpc) is 2.21. The molecule has 86 valence electrons. The number of hydrogen-bond acceptors (Lipinski definition) is 0. The van der Waals surface area contributed by atoms with Crippen LogP contribution in [0.2, 0.25) is 0 Å². The maximum Gasteiger partial charge on any atom is -0.0363 e. The molecule has 0 aromatic rings. The molecule has 3 atom stereocenters. The molecule has 0 spiro atoms. The minimum Gasteiger partial charge on any atom is -0.0654 e. The standard InChI is InChI=1S/C14H30/c1-6-9-11-13(5)14(10-7-2)12(4)8-3/h12-14H,6-11H2,1-5H3. The molecule has 14 heavy (non-hydrogen) atoms. The van der Waals surface area contributed by atoms with Gasteiger partial charge in [-0.25, -0.2) is 0 Å². The summed E-state index contributed by atoms with van der Waals surface area (Å²) in [7, 11) is 0. The van der Waals surface area contributed by atoms with Gasteiger partial charge in [0.2, 0.25) is 0 Å². The van der Waals surface area contributed by atoms with Crippen molar-refractivity contribution in [3.05, 3.63) is 0 Å². The van der Waals surface area contributed by atoms with E-state index >= 15 is 0 Å². The number of hydrogen-bond donors (Lipinski definition) is 0. The van der Waals surface area contributed by atoms with Gasteiger partial charge in [-0.15, -0.1) is 0 Å². The molecular weight excluding hydrogens is 168 g/mol. The first-order chi connectivity index (χ1) is 6.67. The fourth-order valence-electron chi connectivity index (χ4n) is 2.51. The average molecular weight is 198 g/mol. The van der Waals surface area contributed by atoms with Crippen LogP contribution < -0.4 is 0 Å². The molecule has 0 aromatic carbocycles. The summed E-state index contributed by atoms with van der Waals surface area (Å²) < 4.78 is 0. The van der Waals surface area contributed by atoms with Crippen molar-refractivity contribution >= 4 is 0 Å². The van der Waals surface area contributed by atoms with Gasteiger partial charge >= 0.3 is 0 Å². The first kappa shape index (κ1) is 14.0. The molecule has 0 aliphatic heterocycles. The van der Waals surface area contributed by atoms with E-state index in [2.05, 4.69) is 34.6 Å². The summed E-state index contributed by atoms with van der Waals surface area (Å²) in [6.07, 6.45) is 8.33. The maximum atomic E-state index is 2.46. The van der Waals surface area contributed by atoms with Gasteiger partial charge in [-0.1, -0.05) is 73.1 Å². The van der Waals surface area contributed by atoms with Crippen molar-refractivity contribution in [2.24, 2.45) is 17.8 Å². The lowest BCUT2D eigenvalue weighted by Gasteiger charge is -2.29. The number of rotatable bonds is 8. The summed E-state index contributed by atoms with van der Waals surface area (Å²) in [6.45, 7) is 11.8. The van der Waals surface area contributed by atoms with E-state index < -0.39 is 0 Å². The fraction of sp³-hybridized carbons (Fsp3) is 1.00. The first-order valence-electron chi connectivity index (χ1n) is 6.67. The summed E-state index contributed by atoms with van der Waals surface area (Å²) in [6, 6.07) is 0. The second-order valence-electron chi connectivity index (χ2n) is 4.96. The summed E-state index contributed by atoms with van der Waals surface area (Å²) in [5.74, 6) is 2.82. The van der Waals surface area contributed by atoms with Crippen molar-refractivity contribution < 1.29 is 0 Å². The Balaban J connectivity index is 4.03. The van der Waals surface area contributed by atoms with Crippen LogP contribution in [0.15, 0.2) is 0 Å². The van der Waals surface area contributed by atoms with Crippen LogP contribution in [-0.4, -0.2) is 0 Å². The third-order valence-electron chi connectivity index (χ3n) is 3.74. The molecule has 0 N–H and O–H groups in total. The predicted octanol–water partition coefficient (Wildman–Crippen LogP) is 5.28. The first-order valence-corrected chi connectivity index (χ1v) is 6.67. The van der Waals surface area contributed by atoms with Crippen LogP contribution in [0.4, 0.5) is 0 Å². The summed E-state index contributed by atoms with van der Waals surface area (Å²) >= 11 is 0. The largest absolute Gasteiger partial charge is 0.0654 e. The lowest BCUT2D eigenvalue weighted by molar-refractivity contribution is 0.218. The van der Waals surface area contributed by atoms with E-state index in [1.54, 1.807) is 0 Å². The SMILES string of the molecule is CCCCC(C)C(CCC)C(C)CC. The normalized spacial score (nSPS) is 17.8. The third kappa shape index (κ3) is 5.02. The smallest absolute Gasteiger partial charge is 0.0363 e. The van der Waals surface area contributed by atoms with E-state index in [1.165, 1.54) is 38.5 Å². The van der Waals surface area contributed by atoms with Crippen molar-refractivity contribution in [2.45, 2.75) is 73.1 Å². The minimum absolute atomic E-state index is 0.918. The molecule has 3 unspecified atom stereocenters. The van der Waals surface area contributed by atoms with Crippen LogP contribution in [0, 0.1) is 17.8 Å². The van der Waals surface area contributed by atoms with Gasteiger partial charge in [0.1, 0.15) is 0 Å². The monoisotopic (exact) mass is 198 g/mol. The van der Waals surface area contributed by atoms with Gasteiger partial charge in [0.25, 0.3) is 0 Å². The van der Waals surface area contributed by atoms with E-state index in [9.17, 15) is 0 Å². The maximum absolute atomic E-state index is 2.46. The third-order valence-corrected chi connectivity index (χ3v) is 3.74. The van der Waals surface area contributed by atoms with E-state index in [-0.39, 0.29) is 0 Å². The summed E-state index contributed by atoms with van der Waals surface area (Å²) in [5.41, 5.74) is 0. The summed E-state index contributed by atoms with van der Waals surface area (Å²) in [4.78, 5) is 0. The minimum atomic E-state index is 0.918. The van der Waals surface area contributed by atoms with Gasteiger partial charge in [-0.2, -0.15) is 0 Å². The molecular formula is C14H30. The highest BCUT2D eigenvalue weighted by Crippen LogP contribution is 2.31. The van der Waals surface area contributed by atoms with Crippen LogP contribution in [0.1, 0.15) is 73.1 Å². The highest BCUT2D eigenvalue weighted by atomic mass is 14.3. The molecule has 0 bridgehead atoms. The zero-order chi connectivity index (χ0) is 11.0. The highest BCUT2D eigenvalue weighted by molar-refractivity contribution is 4.71. The van der Waals surface area contributed by atoms with Crippen LogP contribution in [0.3, 0.4) is 0 Å². The van der Waals surface area contributed by atoms with Crippen molar-refractivity contribution in [1.82, 2.24) is 0 Å². The van der Waals surface area contributed by atoms with E-state index in [0.717, 1.165) is 17.8 Å². The van der Waals surface area contributed by atoms with Gasteiger partial charge in [0.15, 0.2) is 0 Å². The quantitative estimate of drug-likeness (QED) is 0.498. The molecule has 0 nitrogen and oxygen atoms in total. The molecule has 0 saturated heterocycles. The Labute approximate surface area is 91.5 Å². The molecule has 0 heterocycles. The van der Waals surface area contributed by atoms with Gasteiger partial charge < -0.3 is 0 Å². The molecule has 0 amide bonds. The fourth-order valence-corrected chi connectivity index (χ4v) is 2.51. The Morgan fingerprint density at radius 2 is 1.43 bits per heavy atom. The molecule has 0 saturated carbocycles. The second kappa shape index (κ2) is 8.32. The second-order valence-corrected chi connectivity index (χ2v) is 4.96. The molecule has 0 fully saturated rings. The zero-order valence-corrected chi connectivity index (χ0v) is 11.0. The molecule has 0 aliphatic carbocycles. The van der Waals surface area contributed by atoms with Gasteiger partial charge in [0.05, 0.1) is 0 Å². The molecule has 0 radical (unpaired) electrons. The Kier molecular flexibility index (Phi) is 8.32. The van der Waals surface area contributed by atoms with Crippen molar-refractivity contribution in [1.29, 1.82) is 0 Å². The predicted molar refractivity (Wildman–Crippen MR) is 66.5 cm³/mol. The molecule has 0 aromatic heterocycles.